The summed E-state index contributed by atoms with van der Waals surface area (Å²) < 4.78 is 12.4. The van der Waals surface area contributed by atoms with Gasteiger partial charge in [0.15, 0.2) is 0 Å². The van der Waals surface area contributed by atoms with E-state index in [1.807, 2.05) is 54.1 Å². The van der Waals surface area contributed by atoms with Crippen LogP contribution in [0.2, 0.25) is 0 Å². The fourth-order valence-corrected chi connectivity index (χ4v) is 3.96. The van der Waals surface area contributed by atoms with Crippen LogP contribution >= 0.6 is 0 Å². The lowest BCUT2D eigenvalue weighted by Crippen LogP contribution is -2.30. The molecule has 0 aliphatic carbocycles. The van der Waals surface area contributed by atoms with Crippen LogP contribution < -0.4 is 19.7 Å². The van der Waals surface area contributed by atoms with Gasteiger partial charge in [0.25, 0.3) is 5.91 Å². The second-order valence-corrected chi connectivity index (χ2v) is 7.32. The van der Waals surface area contributed by atoms with Crippen molar-refractivity contribution in [2.24, 2.45) is 7.05 Å². The summed E-state index contributed by atoms with van der Waals surface area (Å²) in [5.74, 6) is 1.27. The number of rotatable bonds is 6. The average Bonchev–Trinajstić information content (AvgIpc) is 3.32. The molecule has 7 heteroatoms. The first-order chi connectivity index (χ1) is 14.5. The minimum absolute atomic E-state index is 0.0366. The minimum atomic E-state index is -0.224. The number of benzene rings is 2. The third-order valence-corrected chi connectivity index (χ3v) is 5.55. The van der Waals surface area contributed by atoms with Crippen molar-refractivity contribution in [3.05, 3.63) is 53.7 Å². The molecular formula is C23H25N3O4. The van der Waals surface area contributed by atoms with Crippen LogP contribution in [-0.2, 0) is 18.4 Å². The van der Waals surface area contributed by atoms with Gasteiger partial charge in [-0.25, -0.2) is 0 Å². The Morgan fingerprint density at radius 2 is 1.77 bits per heavy atom. The van der Waals surface area contributed by atoms with E-state index in [0.717, 1.165) is 28.6 Å². The highest BCUT2D eigenvalue weighted by molar-refractivity contribution is 6.14. The molecule has 1 fully saturated rings. The molecule has 7 nitrogen and oxygen atoms in total. The number of nitrogens with one attached hydrogen (secondary N) is 1. The summed E-state index contributed by atoms with van der Waals surface area (Å²) in [6.07, 6.45) is 1.28. The predicted octanol–water partition coefficient (Wildman–Crippen LogP) is 3.25. The Bertz CT molecular complexity index is 1100. The highest BCUT2D eigenvalue weighted by Gasteiger charge is 2.31. The number of anilines is 1. The molecule has 1 N–H and O–H groups in total. The number of hydrogen-bond donors (Lipinski definition) is 1. The standard InChI is InChI=1S/C23H25N3O4/c1-25-19-11-10-17(30-3)13-18(19)21(26-12-4-5-20(26)27)22(25)23(28)24-14-15-6-8-16(29-2)9-7-15/h6-11,13H,4-5,12,14H2,1-3H3,(H,24,28). The van der Waals surface area contributed by atoms with Crippen LogP contribution in [0.1, 0.15) is 28.9 Å². The van der Waals surface area contributed by atoms with Crippen LogP contribution in [0, 0.1) is 0 Å². The number of fused-ring (bicyclic) bond motifs is 1. The molecule has 156 valence electrons. The summed E-state index contributed by atoms with van der Waals surface area (Å²) in [5.41, 5.74) is 2.96. The summed E-state index contributed by atoms with van der Waals surface area (Å²) in [6.45, 7) is 0.981. The van der Waals surface area contributed by atoms with E-state index < -0.39 is 0 Å². The lowest BCUT2D eigenvalue weighted by atomic mass is 10.1. The lowest BCUT2D eigenvalue weighted by Gasteiger charge is -2.18. The van der Waals surface area contributed by atoms with Gasteiger partial charge in [-0.1, -0.05) is 12.1 Å². The van der Waals surface area contributed by atoms with Crippen LogP contribution in [0.4, 0.5) is 5.69 Å². The van der Waals surface area contributed by atoms with Crippen molar-refractivity contribution in [3.63, 3.8) is 0 Å². The maximum Gasteiger partial charge on any atom is 0.270 e. The molecular weight excluding hydrogens is 382 g/mol. The van der Waals surface area contributed by atoms with Crippen LogP contribution in [0.3, 0.4) is 0 Å². The van der Waals surface area contributed by atoms with Gasteiger partial charge in [0.05, 0.1) is 25.4 Å². The van der Waals surface area contributed by atoms with E-state index in [9.17, 15) is 9.59 Å². The first-order valence-corrected chi connectivity index (χ1v) is 9.91. The summed E-state index contributed by atoms with van der Waals surface area (Å²) in [5, 5.41) is 3.83. The molecule has 0 spiro atoms. The van der Waals surface area contributed by atoms with Gasteiger partial charge >= 0.3 is 0 Å². The number of carbonyl (C=O) groups is 2. The number of aromatic nitrogens is 1. The molecule has 1 aliphatic rings. The molecule has 0 saturated carbocycles. The van der Waals surface area contributed by atoms with E-state index in [1.54, 1.807) is 19.1 Å². The van der Waals surface area contributed by atoms with E-state index in [2.05, 4.69) is 5.32 Å². The largest absolute Gasteiger partial charge is 0.497 e. The van der Waals surface area contributed by atoms with Crippen molar-refractivity contribution in [3.8, 4) is 11.5 Å². The molecule has 4 rings (SSSR count). The van der Waals surface area contributed by atoms with Gasteiger partial charge in [-0.05, 0) is 42.3 Å². The Morgan fingerprint density at radius 1 is 1.07 bits per heavy atom. The molecule has 2 aromatic carbocycles. The minimum Gasteiger partial charge on any atom is -0.497 e. The van der Waals surface area contributed by atoms with E-state index >= 15 is 0 Å². The van der Waals surface area contributed by atoms with Gasteiger partial charge < -0.3 is 24.3 Å². The number of amides is 2. The van der Waals surface area contributed by atoms with Crippen LogP contribution in [0.25, 0.3) is 10.9 Å². The Morgan fingerprint density at radius 3 is 2.40 bits per heavy atom. The Hall–Kier alpha value is -3.48. The van der Waals surface area contributed by atoms with Gasteiger partial charge in [-0.3, -0.25) is 9.59 Å². The Kier molecular flexibility index (Phi) is 5.35. The second-order valence-electron chi connectivity index (χ2n) is 7.32. The third kappa shape index (κ3) is 3.47. The van der Waals surface area contributed by atoms with Gasteiger partial charge in [-0.15, -0.1) is 0 Å². The summed E-state index contributed by atoms with van der Waals surface area (Å²) in [6, 6.07) is 13.2. The van der Waals surface area contributed by atoms with Crippen LogP contribution in [0.15, 0.2) is 42.5 Å². The molecule has 0 radical (unpaired) electrons. The lowest BCUT2D eigenvalue weighted by molar-refractivity contribution is -0.117. The SMILES string of the molecule is COc1ccc(CNC(=O)c2c(N3CCCC3=O)c3cc(OC)ccc3n2C)cc1. The molecule has 2 amide bonds. The zero-order valence-corrected chi connectivity index (χ0v) is 17.4. The molecule has 0 unspecified atom stereocenters. The first kappa shape index (κ1) is 19.8. The second kappa shape index (κ2) is 8.10. The van der Waals surface area contributed by atoms with Crippen molar-refractivity contribution in [1.82, 2.24) is 9.88 Å². The number of methoxy groups -OCH3 is 2. The summed E-state index contributed by atoms with van der Waals surface area (Å²) in [7, 11) is 5.07. The third-order valence-electron chi connectivity index (χ3n) is 5.55. The predicted molar refractivity (Wildman–Crippen MR) is 115 cm³/mol. The van der Waals surface area contributed by atoms with Crippen molar-refractivity contribution in [1.29, 1.82) is 0 Å². The zero-order chi connectivity index (χ0) is 21.3. The van der Waals surface area contributed by atoms with Gasteiger partial charge in [0.1, 0.15) is 17.2 Å². The molecule has 1 saturated heterocycles. The van der Waals surface area contributed by atoms with Crippen LogP contribution in [-0.4, -0.2) is 37.1 Å². The maximum absolute atomic E-state index is 13.2. The molecule has 1 aromatic heterocycles. The van der Waals surface area contributed by atoms with Crippen LogP contribution in [0.5, 0.6) is 11.5 Å². The fraction of sp³-hybridized carbons (Fsp3) is 0.304. The number of hydrogen-bond acceptors (Lipinski definition) is 4. The number of aryl methyl sites for hydroxylation is 1. The van der Waals surface area contributed by atoms with Crippen molar-refractivity contribution in [2.75, 3.05) is 25.7 Å². The van der Waals surface area contributed by atoms with E-state index in [-0.39, 0.29) is 11.8 Å². The highest BCUT2D eigenvalue weighted by Crippen LogP contribution is 2.37. The van der Waals surface area contributed by atoms with Crippen molar-refractivity contribution >= 4 is 28.4 Å². The quantitative estimate of drug-likeness (QED) is 0.681. The highest BCUT2D eigenvalue weighted by atomic mass is 16.5. The van der Waals surface area contributed by atoms with E-state index in [0.29, 0.717) is 36.6 Å². The van der Waals surface area contributed by atoms with E-state index in [4.69, 9.17) is 9.47 Å². The van der Waals surface area contributed by atoms with Gasteiger partial charge in [0, 0.05) is 31.9 Å². The normalized spacial score (nSPS) is 13.7. The number of nitrogens with zero attached hydrogens (tertiary/aromatic N) is 2. The number of ether oxygens (including phenoxy) is 2. The monoisotopic (exact) mass is 407 g/mol. The first-order valence-electron chi connectivity index (χ1n) is 9.91. The maximum atomic E-state index is 13.2. The Balaban J connectivity index is 1.71. The van der Waals surface area contributed by atoms with E-state index in [1.165, 1.54) is 0 Å². The van der Waals surface area contributed by atoms with Crippen molar-refractivity contribution in [2.45, 2.75) is 19.4 Å². The average molecular weight is 407 g/mol. The smallest absolute Gasteiger partial charge is 0.270 e. The molecule has 2 heterocycles. The number of carbonyl (C=O) groups excluding carboxylic acids is 2. The topological polar surface area (TPSA) is 72.8 Å². The summed E-state index contributed by atoms with van der Waals surface area (Å²) >= 11 is 0. The Labute approximate surface area is 175 Å². The van der Waals surface area contributed by atoms with Crippen molar-refractivity contribution < 1.29 is 19.1 Å². The molecule has 30 heavy (non-hydrogen) atoms. The van der Waals surface area contributed by atoms with Gasteiger partial charge in [0.2, 0.25) is 5.91 Å². The summed E-state index contributed by atoms with van der Waals surface area (Å²) in [4.78, 5) is 27.5. The fourth-order valence-electron chi connectivity index (χ4n) is 3.96. The molecule has 0 atom stereocenters. The molecule has 0 bridgehead atoms. The zero-order valence-electron chi connectivity index (χ0n) is 17.4. The molecule has 1 aliphatic heterocycles. The molecule has 3 aromatic rings. The van der Waals surface area contributed by atoms with Gasteiger partial charge in [-0.2, -0.15) is 0 Å².